The number of hydrogen-bond acceptors (Lipinski definition) is 2. The average molecular weight is 234 g/mol. The van der Waals surface area contributed by atoms with Crippen molar-refractivity contribution in [3.8, 4) is 0 Å². The summed E-state index contributed by atoms with van der Waals surface area (Å²) in [4.78, 5) is 10.8. The van der Waals surface area contributed by atoms with Crippen LogP contribution in [0.4, 0.5) is 0 Å². The molecule has 0 heterocycles. The van der Waals surface area contributed by atoms with E-state index in [1.807, 2.05) is 0 Å². The molecule has 0 saturated heterocycles. The molecule has 2 saturated carbocycles. The van der Waals surface area contributed by atoms with Gasteiger partial charge in [-0.15, -0.1) is 0 Å². The van der Waals surface area contributed by atoms with Gasteiger partial charge >= 0.3 is 0 Å². The van der Waals surface area contributed by atoms with Gasteiger partial charge in [0.05, 0.1) is 5.60 Å². The number of fused-ring (bicyclic) bond motifs is 1. The van der Waals surface area contributed by atoms with Crippen molar-refractivity contribution >= 4 is 6.29 Å². The highest BCUT2D eigenvalue weighted by Crippen LogP contribution is 2.55. The molecule has 2 aliphatic rings. The third-order valence-electron chi connectivity index (χ3n) is 4.97. The summed E-state index contributed by atoms with van der Waals surface area (Å²) in [6.07, 6.45) is 6.42. The van der Waals surface area contributed by atoms with Gasteiger partial charge in [-0.2, -0.15) is 0 Å². The second kappa shape index (κ2) is 4.09. The summed E-state index contributed by atoms with van der Waals surface area (Å²) >= 11 is 0. The fourth-order valence-electron chi connectivity index (χ4n) is 3.58. The second-order valence-electron chi connectivity index (χ2n) is 6.10. The van der Waals surface area contributed by atoms with Crippen LogP contribution in [0.2, 0.25) is 0 Å². The first-order valence-electron chi connectivity index (χ1n) is 6.46. The fourth-order valence-corrected chi connectivity index (χ4v) is 3.58. The lowest BCUT2D eigenvalue weighted by Gasteiger charge is -2.51. The Labute approximate surface area is 103 Å². The number of allylic oxidation sites excluding steroid dienone is 1. The van der Waals surface area contributed by atoms with E-state index < -0.39 is 5.60 Å². The van der Waals surface area contributed by atoms with Gasteiger partial charge in [0, 0.05) is 5.57 Å². The molecule has 0 amide bonds. The molecule has 17 heavy (non-hydrogen) atoms. The average Bonchev–Trinajstić information content (AvgIpc) is 2.30. The SMILES string of the molecule is C=C1CCC[C@]2(C)CC[C@@](O)(C(=C)C=O)C[C@@H]12. The molecule has 2 aliphatic carbocycles. The molecule has 0 spiro atoms. The highest BCUT2D eigenvalue weighted by Gasteiger charge is 2.48. The van der Waals surface area contributed by atoms with E-state index in [1.165, 1.54) is 18.4 Å². The van der Waals surface area contributed by atoms with Crippen LogP contribution in [-0.2, 0) is 4.79 Å². The molecule has 3 atom stereocenters. The molecule has 0 bridgehead atoms. The third kappa shape index (κ3) is 1.99. The molecule has 2 heteroatoms. The monoisotopic (exact) mass is 234 g/mol. The van der Waals surface area contributed by atoms with E-state index in [9.17, 15) is 9.90 Å². The smallest absolute Gasteiger partial charge is 0.148 e. The van der Waals surface area contributed by atoms with Crippen molar-refractivity contribution in [3.63, 3.8) is 0 Å². The molecule has 0 aromatic rings. The van der Waals surface area contributed by atoms with Crippen molar-refractivity contribution in [1.29, 1.82) is 0 Å². The van der Waals surface area contributed by atoms with Crippen molar-refractivity contribution in [2.24, 2.45) is 11.3 Å². The minimum atomic E-state index is -0.994. The number of aliphatic hydroxyl groups is 1. The summed E-state index contributed by atoms with van der Waals surface area (Å²) in [6, 6.07) is 0. The number of rotatable bonds is 2. The summed E-state index contributed by atoms with van der Waals surface area (Å²) in [5, 5.41) is 10.5. The van der Waals surface area contributed by atoms with Crippen molar-refractivity contribution in [1.82, 2.24) is 0 Å². The van der Waals surface area contributed by atoms with Crippen LogP contribution in [0.3, 0.4) is 0 Å². The van der Waals surface area contributed by atoms with E-state index in [0.29, 0.717) is 30.6 Å². The van der Waals surface area contributed by atoms with Gasteiger partial charge in [0.2, 0.25) is 0 Å². The highest BCUT2D eigenvalue weighted by molar-refractivity contribution is 5.75. The quantitative estimate of drug-likeness (QED) is 0.453. The van der Waals surface area contributed by atoms with Crippen LogP contribution >= 0.6 is 0 Å². The van der Waals surface area contributed by atoms with Gasteiger partial charge in [0.25, 0.3) is 0 Å². The van der Waals surface area contributed by atoms with E-state index in [1.54, 1.807) is 0 Å². The fraction of sp³-hybridized carbons (Fsp3) is 0.667. The topological polar surface area (TPSA) is 37.3 Å². The Morgan fingerprint density at radius 2 is 2.18 bits per heavy atom. The lowest BCUT2D eigenvalue weighted by Crippen LogP contribution is -2.47. The van der Waals surface area contributed by atoms with Crippen LogP contribution in [0.5, 0.6) is 0 Å². The Kier molecular flexibility index (Phi) is 3.03. The second-order valence-corrected chi connectivity index (χ2v) is 6.10. The zero-order valence-corrected chi connectivity index (χ0v) is 10.7. The van der Waals surface area contributed by atoms with Gasteiger partial charge in [-0.3, -0.25) is 4.79 Å². The molecule has 0 aliphatic heterocycles. The van der Waals surface area contributed by atoms with Crippen molar-refractivity contribution in [3.05, 3.63) is 24.3 Å². The van der Waals surface area contributed by atoms with E-state index in [-0.39, 0.29) is 5.41 Å². The number of carbonyl (C=O) groups is 1. The summed E-state index contributed by atoms with van der Waals surface area (Å²) in [5.74, 6) is 0.340. The molecule has 94 valence electrons. The molecular formula is C15H22O2. The molecule has 1 N–H and O–H groups in total. The Hall–Kier alpha value is -0.890. The molecule has 0 radical (unpaired) electrons. The van der Waals surface area contributed by atoms with E-state index in [4.69, 9.17) is 0 Å². The first kappa shape index (κ1) is 12.6. The zero-order valence-electron chi connectivity index (χ0n) is 10.7. The minimum absolute atomic E-state index is 0.269. The maximum atomic E-state index is 10.8. The van der Waals surface area contributed by atoms with Crippen molar-refractivity contribution in [2.75, 3.05) is 0 Å². The Balaban J connectivity index is 2.25. The molecule has 2 fully saturated rings. The van der Waals surface area contributed by atoms with E-state index in [2.05, 4.69) is 20.1 Å². The predicted octanol–water partition coefficient (Wildman–Crippen LogP) is 3.02. The maximum absolute atomic E-state index is 10.8. The largest absolute Gasteiger partial charge is 0.385 e. The molecular weight excluding hydrogens is 212 g/mol. The van der Waals surface area contributed by atoms with Gasteiger partial charge in [-0.05, 0) is 49.9 Å². The number of carbonyl (C=O) groups excluding carboxylic acids is 1. The summed E-state index contributed by atoms with van der Waals surface area (Å²) in [6.45, 7) is 10.2. The number of aldehydes is 1. The molecule has 0 aromatic heterocycles. The third-order valence-corrected chi connectivity index (χ3v) is 4.97. The van der Waals surface area contributed by atoms with Gasteiger partial charge in [0.1, 0.15) is 6.29 Å². The highest BCUT2D eigenvalue weighted by atomic mass is 16.3. The Morgan fingerprint density at radius 1 is 1.47 bits per heavy atom. The minimum Gasteiger partial charge on any atom is -0.385 e. The summed E-state index contributed by atoms with van der Waals surface area (Å²) in [7, 11) is 0. The van der Waals surface area contributed by atoms with Crippen LogP contribution in [0.25, 0.3) is 0 Å². The van der Waals surface area contributed by atoms with Crippen LogP contribution in [-0.4, -0.2) is 17.0 Å². The lowest BCUT2D eigenvalue weighted by molar-refractivity contribution is -0.109. The Morgan fingerprint density at radius 3 is 2.82 bits per heavy atom. The van der Waals surface area contributed by atoms with Crippen LogP contribution in [0, 0.1) is 11.3 Å². The molecule has 0 aromatic carbocycles. The lowest BCUT2D eigenvalue weighted by atomic mass is 9.55. The van der Waals surface area contributed by atoms with Crippen LogP contribution in [0.15, 0.2) is 24.3 Å². The van der Waals surface area contributed by atoms with Gasteiger partial charge < -0.3 is 5.11 Å². The standard InChI is InChI=1S/C15H22O2/c1-11-5-4-6-14(3)7-8-15(17,9-13(11)14)12(2)10-16/h10,13,17H,1-2,4-9H2,3H3/t13-,14+,15-/m0/s1. The normalized spacial score (nSPS) is 41.8. The van der Waals surface area contributed by atoms with E-state index in [0.717, 1.165) is 12.8 Å². The number of hydrogen-bond donors (Lipinski definition) is 1. The van der Waals surface area contributed by atoms with E-state index >= 15 is 0 Å². The first-order valence-corrected chi connectivity index (χ1v) is 6.46. The Bertz CT molecular complexity index is 371. The first-order chi connectivity index (χ1) is 7.91. The van der Waals surface area contributed by atoms with Crippen molar-refractivity contribution < 1.29 is 9.90 Å². The molecule has 0 unspecified atom stereocenters. The van der Waals surface area contributed by atoms with Gasteiger partial charge in [-0.25, -0.2) is 0 Å². The van der Waals surface area contributed by atoms with Crippen LogP contribution in [0.1, 0.15) is 45.4 Å². The van der Waals surface area contributed by atoms with Gasteiger partial charge in [-0.1, -0.05) is 25.7 Å². The zero-order chi connectivity index (χ0) is 12.7. The predicted molar refractivity (Wildman–Crippen MR) is 68.6 cm³/mol. The van der Waals surface area contributed by atoms with Crippen molar-refractivity contribution in [2.45, 2.75) is 51.0 Å². The van der Waals surface area contributed by atoms with Crippen LogP contribution < -0.4 is 0 Å². The summed E-state index contributed by atoms with van der Waals surface area (Å²) in [5.41, 5.74) is 0.852. The summed E-state index contributed by atoms with van der Waals surface area (Å²) < 4.78 is 0. The maximum Gasteiger partial charge on any atom is 0.148 e. The molecule has 2 rings (SSSR count). The molecule has 2 nitrogen and oxygen atoms in total. The van der Waals surface area contributed by atoms with Gasteiger partial charge in [0.15, 0.2) is 0 Å².